The number of aromatic nitrogens is 1. The van der Waals surface area contributed by atoms with Crippen LogP contribution < -0.4 is 15.8 Å². The molecule has 0 saturated carbocycles. The Labute approximate surface area is 185 Å². The summed E-state index contributed by atoms with van der Waals surface area (Å²) in [6, 6.07) is 4.53. The van der Waals surface area contributed by atoms with Gasteiger partial charge in [-0.3, -0.25) is 4.79 Å². The van der Waals surface area contributed by atoms with Gasteiger partial charge in [-0.2, -0.15) is 0 Å². The number of ether oxygens (including phenoxy) is 1. The maximum absolute atomic E-state index is 14.2. The molecule has 0 spiro atoms. The van der Waals surface area contributed by atoms with Gasteiger partial charge in [-0.05, 0) is 18.2 Å². The van der Waals surface area contributed by atoms with E-state index < -0.39 is 5.82 Å². The molecule has 3 N–H and O–H groups in total. The molecular formula is C20H17Cl2FN4O2S. The molecule has 1 atom stereocenters. The Hall–Kier alpha value is -2.13. The summed E-state index contributed by atoms with van der Waals surface area (Å²) in [6.07, 6.45) is 0.690. The Balaban J connectivity index is 1.70. The lowest BCUT2D eigenvalue weighted by molar-refractivity contribution is 0.0576. The van der Waals surface area contributed by atoms with E-state index in [0.29, 0.717) is 52.2 Å². The third kappa shape index (κ3) is 3.10. The van der Waals surface area contributed by atoms with Crippen LogP contribution in [0.5, 0.6) is 5.75 Å². The van der Waals surface area contributed by atoms with Gasteiger partial charge < -0.3 is 20.7 Å². The van der Waals surface area contributed by atoms with Crippen LogP contribution in [0.3, 0.4) is 0 Å². The first-order valence-corrected chi connectivity index (χ1v) is 11.0. The second-order valence-corrected chi connectivity index (χ2v) is 9.06. The first-order valence-electron chi connectivity index (χ1n) is 9.47. The predicted octanol–water partition coefficient (Wildman–Crippen LogP) is 4.19. The summed E-state index contributed by atoms with van der Waals surface area (Å²) in [5, 5.41) is 4.02. The number of hydrogen-bond acceptors (Lipinski definition) is 6. The van der Waals surface area contributed by atoms with Crippen LogP contribution in [0.2, 0.25) is 10.0 Å². The Morgan fingerprint density at radius 1 is 1.33 bits per heavy atom. The normalized spacial score (nSPS) is 19.1. The molecule has 0 radical (unpaired) electrons. The highest BCUT2D eigenvalue weighted by atomic mass is 35.5. The first-order chi connectivity index (χ1) is 14.5. The first kappa shape index (κ1) is 19.8. The Morgan fingerprint density at radius 2 is 2.17 bits per heavy atom. The van der Waals surface area contributed by atoms with Crippen LogP contribution in [0.4, 0.5) is 9.52 Å². The fourth-order valence-electron chi connectivity index (χ4n) is 4.08. The molecule has 10 heteroatoms. The molecule has 2 aromatic carbocycles. The van der Waals surface area contributed by atoms with Crippen molar-refractivity contribution in [3.63, 3.8) is 0 Å². The summed E-state index contributed by atoms with van der Waals surface area (Å²) in [4.78, 5) is 19.4. The maximum atomic E-state index is 14.2. The number of nitrogens with two attached hydrogens (primary N) is 1. The average molecular weight is 467 g/mol. The minimum Gasteiger partial charge on any atom is -0.491 e. The van der Waals surface area contributed by atoms with Gasteiger partial charge in [0.05, 0.1) is 32.4 Å². The molecule has 3 aromatic rings. The van der Waals surface area contributed by atoms with Gasteiger partial charge in [0.15, 0.2) is 10.9 Å². The quantitative estimate of drug-likeness (QED) is 0.561. The molecule has 5 rings (SSSR count). The summed E-state index contributed by atoms with van der Waals surface area (Å²) >= 11 is 14.4. The van der Waals surface area contributed by atoms with E-state index in [1.807, 2.05) is 4.90 Å². The molecule has 1 aromatic heterocycles. The van der Waals surface area contributed by atoms with Gasteiger partial charge in [-0.15, -0.1) is 0 Å². The van der Waals surface area contributed by atoms with Crippen LogP contribution >= 0.6 is 34.5 Å². The third-order valence-corrected chi connectivity index (χ3v) is 7.05. The Bertz CT molecular complexity index is 1190. The SMILES string of the molecule is Nc1nc2c(-c3c(Cl)cc4c(c3Cl)OCC[C@H]3CNCCN3C4=O)ccc(F)c2s1. The molecule has 1 amide bonds. The molecule has 0 aliphatic carbocycles. The van der Waals surface area contributed by atoms with Crippen molar-refractivity contribution < 1.29 is 13.9 Å². The standard InChI is InChI=1S/C20H17Cl2FN4O2S/c21-12-7-11-17(29-6-3-9-8-25-4-5-27(9)19(11)28)15(22)14(12)10-1-2-13(23)18-16(10)26-20(24)30-18/h1-2,7,9,25H,3-6,8H2,(H2,24,26)/t9-/m0/s1. The molecular weight excluding hydrogens is 450 g/mol. The van der Waals surface area contributed by atoms with E-state index in [1.54, 1.807) is 12.1 Å². The predicted molar refractivity (Wildman–Crippen MR) is 117 cm³/mol. The number of rotatable bonds is 1. The second-order valence-electron chi connectivity index (χ2n) is 7.24. The topological polar surface area (TPSA) is 80.5 Å². The van der Waals surface area contributed by atoms with Crippen molar-refractivity contribution in [3.8, 4) is 16.9 Å². The van der Waals surface area contributed by atoms with E-state index in [9.17, 15) is 9.18 Å². The summed E-state index contributed by atoms with van der Waals surface area (Å²) in [7, 11) is 0. The molecule has 2 aliphatic rings. The van der Waals surface area contributed by atoms with Crippen molar-refractivity contribution in [2.24, 2.45) is 0 Å². The number of nitrogens with one attached hydrogen (secondary N) is 1. The van der Waals surface area contributed by atoms with Gasteiger partial charge in [-0.1, -0.05) is 34.5 Å². The number of thiazole rings is 1. The Kier molecular flexibility index (Phi) is 4.97. The Morgan fingerprint density at radius 3 is 3.00 bits per heavy atom. The zero-order valence-corrected chi connectivity index (χ0v) is 18.0. The number of carbonyl (C=O) groups is 1. The number of benzene rings is 2. The second kappa shape index (κ2) is 7.53. The average Bonchev–Trinajstić information content (AvgIpc) is 3.12. The number of nitrogens with zero attached hydrogens (tertiary/aromatic N) is 2. The van der Waals surface area contributed by atoms with E-state index in [0.717, 1.165) is 24.4 Å². The van der Waals surface area contributed by atoms with Gasteiger partial charge in [0.25, 0.3) is 5.91 Å². The molecule has 2 aliphatic heterocycles. The lowest BCUT2D eigenvalue weighted by Gasteiger charge is -2.38. The molecule has 0 unspecified atom stereocenters. The lowest BCUT2D eigenvalue weighted by Crippen LogP contribution is -2.54. The largest absolute Gasteiger partial charge is 0.491 e. The number of carbonyl (C=O) groups excluding carboxylic acids is 1. The van der Waals surface area contributed by atoms with Gasteiger partial charge >= 0.3 is 0 Å². The van der Waals surface area contributed by atoms with Crippen molar-refractivity contribution in [2.75, 3.05) is 32.0 Å². The van der Waals surface area contributed by atoms with Crippen molar-refractivity contribution in [2.45, 2.75) is 12.5 Å². The van der Waals surface area contributed by atoms with Gasteiger partial charge in [0, 0.05) is 43.2 Å². The molecule has 0 bridgehead atoms. The van der Waals surface area contributed by atoms with Crippen molar-refractivity contribution in [1.29, 1.82) is 0 Å². The fraction of sp³-hybridized carbons (Fsp3) is 0.300. The van der Waals surface area contributed by atoms with Crippen LogP contribution in [0.15, 0.2) is 18.2 Å². The lowest BCUT2D eigenvalue weighted by atomic mass is 9.99. The number of piperazine rings is 1. The van der Waals surface area contributed by atoms with Crippen LogP contribution in [0.1, 0.15) is 16.8 Å². The molecule has 30 heavy (non-hydrogen) atoms. The number of anilines is 1. The summed E-state index contributed by atoms with van der Waals surface area (Å²) < 4.78 is 20.5. The monoisotopic (exact) mass is 466 g/mol. The highest BCUT2D eigenvalue weighted by Gasteiger charge is 2.33. The number of hydrogen-bond donors (Lipinski definition) is 2. The zero-order valence-electron chi connectivity index (χ0n) is 15.7. The highest BCUT2D eigenvalue weighted by molar-refractivity contribution is 7.22. The molecule has 6 nitrogen and oxygen atoms in total. The van der Waals surface area contributed by atoms with Crippen LogP contribution in [-0.2, 0) is 0 Å². The minimum atomic E-state index is -0.419. The summed E-state index contributed by atoms with van der Waals surface area (Å²) in [6.45, 7) is 2.47. The number of fused-ring (bicyclic) bond motifs is 3. The number of amides is 1. The van der Waals surface area contributed by atoms with E-state index in [1.165, 1.54) is 6.07 Å². The molecule has 1 saturated heterocycles. The zero-order chi connectivity index (χ0) is 21.0. The maximum Gasteiger partial charge on any atom is 0.258 e. The third-order valence-electron chi connectivity index (χ3n) is 5.49. The highest BCUT2D eigenvalue weighted by Crippen LogP contribution is 2.47. The number of halogens is 3. The smallest absolute Gasteiger partial charge is 0.258 e. The van der Waals surface area contributed by atoms with Crippen molar-refractivity contribution >= 4 is 55.8 Å². The summed E-state index contributed by atoms with van der Waals surface area (Å²) in [5.41, 5.74) is 7.49. The molecule has 1 fully saturated rings. The van der Waals surface area contributed by atoms with Crippen LogP contribution in [0.25, 0.3) is 21.3 Å². The van der Waals surface area contributed by atoms with Crippen molar-refractivity contribution in [1.82, 2.24) is 15.2 Å². The van der Waals surface area contributed by atoms with Crippen LogP contribution in [-0.4, -0.2) is 48.1 Å². The van der Waals surface area contributed by atoms with E-state index in [2.05, 4.69) is 10.3 Å². The summed E-state index contributed by atoms with van der Waals surface area (Å²) in [5.74, 6) is -0.287. The van der Waals surface area contributed by atoms with Crippen molar-refractivity contribution in [3.05, 3.63) is 39.6 Å². The number of nitrogen functional groups attached to an aromatic ring is 1. The van der Waals surface area contributed by atoms with E-state index in [4.69, 9.17) is 33.7 Å². The van der Waals surface area contributed by atoms with Gasteiger partial charge in [0.1, 0.15) is 5.82 Å². The minimum absolute atomic E-state index is 0.0614. The molecule has 3 heterocycles. The van der Waals surface area contributed by atoms with E-state index >= 15 is 0 Å². The van der Waals surface area contributed by atoms with E-state index in [-0.39, 0.29) is 27.1 Å². The van der Waals surface area contributed by atoms with Crippen LogP contribution in [0, 0.1) is 5.82 Å². The van der Waals surface area contributed by atoms with Gasteiger partial charge in [-0.25, -0.2) is 9.37 Å². The fourth-order valence-corrected chi connectivity index (χ4v) is 5.56. The van der Waals surface area contributed by atoms with Gasteiger partial charge in [0.2, 0.25) is 0 Å². The molecule has 156 valence electrons.